The highest BCUT2D eigenvalue weighted by molar-refractivity contribution is 8.00. The molecule has 0 fully saturated rings. The second-order valence-corrected chi connectivity index (χ2v) is 7.57. The fraction of sp³-hybridized carbons (Fsp3) is 0.217. The Morgan fingerprint density at radius 2 is 1.67 bits per heavy atom. The predicted molar refractivity (Wildman–Crippen MR) is 119 cm³/mol. The number of rotatable bonds is 10. The molecule has 0 aliphatic rings. The average Bonchev–Trinajstić information content (AvgIpc) is 3.30. The maximum Gasteiger partial charge on any atom is 0.291 e. The Balaban J connectivity index is 1.42. The number of anilines is 2. The molecule has 7 heteroatoms. The summed E-state index contributed by atoms with van der Waals surface area (Å²) >= 11 is 1.42. The number of hydrogen-bond donors (Lipinski definition) is 2. The zero-order chi connectivity index (χ0) is 21.2. The van der Waals surface area contributed by atoms with Crippen LogP contribution in [0.2, 0.25) is 0 Å². The van der Waals surface area contributed by atoms with E-state index >= 15 is 0 Å². The van der Waals surface area contributed by atoms with Crippen molar-refractivity contribution in [2.24, 2.45) is 0 Å². The van der Waals surface area contributed by atoms with E-state index in [9.17, 15) is 9.59 Å². The summed E-state index contributed by atoms with van der Waals surface area (Å²) in [6, 6.07) is 17.9. The molecule has 0 radical (unpaired) electrons. The van der Waals surface area contributed by atoms with Gasteiger partial charge in [-0.25, -0.2) is 0 Å². The molecule has 0 spiro atoms. The molecule has 2 N–H and O–H groups in total. The molecule has 0 aliphatic carbocycles. The molecule has 2 aromatic carbocycles. The molecular formula is C23H24N2O4S. The summed E-state index contributed by atoms with van der Waals surface area (Å²) < 4.78 is 10.7. The van der Waals surface area contributed by atoms with Crippen LogP contribution in [0.5, 0.6) is 5.75 Å². The smallest absolute Gasteiger partial charge is 0.291 e. The van der Waals surface area contributed by atoms with Gasteiger partial charge in [-0.05, 0) is 67.1 Å². The predicted octanol–water partition coefficient (Wildman–Crippen LogP) is 5.44. The summed E-state index contributed by atoms with van der Waals surface area (Å²) in [5, 5.41) is 5.64. The first-order chi connectivity index (χ1) is 14.6. The summed E-state index contributed by atoms with van der Waals surface area (Å²) in [6.45, 7) is 2.82. The number of hydrogen-bond acceptors (Lipinski definition) is 5. The van der Waals surface area contributed by atoms with Gasteiger partial charge in [-0.15, -0.1) is 11.8 Å². The lowest BCUT2D eigenvalue weighted by molar-refractivity contribution is -0.113. The lowest BCUT2D eigenvalue weighted by Crippen LogP contribution is -2.14. The number of furan rings is 1. The fourth-order valence-electron chi connectivity index (χ4n) is 2.55. The lowest BCUT2D eigenvalue weighted by atomic mass is 10.3. The van der Waals surface area contributed by atoms with Gasteiger partial charge in [-0.1, -0.05) is 13.3 Å². The molecule has 0 aliphatic heterocycles. The van der Waals surface area contributed by atoms with E-state index in [1.165, 1.54) is 18.0 Å². The van der Waals surface area contributed by atoms with E-state index in [0.717, 1.165) is 29.2 Å². The molecule has 0 saturated heterocycles. The largest absolute Gasteiger partial charge is 0.494 e. The molecular weight excluding hydrogens is 400 g/mol. The molecule has 3 aromatic rings. The van der Waals surface area contributed by atoms with Gasteiger partial charge in [0.15, 0.2) is 5.76 Å². The van der Waals surface area contributed by atoms with Crippen molar-refractivity contribution < 1.29 is 18.7 Å². The van der Waals surface area contributed by atoms with Crippen LogP contribution in [-0.4, -0.2) is 24.2 Å². The molecule has 30 heavy (non-hydrogen) atoms. The molecule has 0 atom stereocenters. The average molecular weight is 425 g/mol. The number of benzene rings is 2. The van der Waals surface area contributed by atoms with Crippen molar-refractivity contribution in [1.82, 2.24) is 0 Å². The second-order valence-electron chi connectivity index (χ2n) is 6.52. The second kappa shape index (κ2) is 11.1. The lowest BCUT2D eigenvalue weighted by Gasteiger charge is -2.08. The summed E-state index contributed by atoms with van der Waals surface area (Å²) in [4.78, 5) is 25.1. The van der Waals surface area contributed by atoms with Crippen LogP contribution in [0.1, 0.15) is 30.3 Å². The van der Waals surface area contributed by atoms with E-state index in [0.29, 0.717) is 12.3 Å². The van der Waals surface area contributed by atoms with Gasteiger partial charge in [0.25, 0.3) is 5.91 Å². The van der Waals surface area contributed by atoms with Gasteiger partial charge >= 0.3 is 0 Å². The summed E-state index contributed by atoms with van der Waals surface area (Å²) in [5.74, 6) is 0.949. The number of carbonyl (C=O) groups is 2. The normalized spacial score (nSPS) is 10.4. The van der Waals surface area contributed by atoms with Crippen LogP contribution in [0.15, 0.2) is 76.2 Å². The number of nitrogens with one attached hydrogen (secondary N) is 2. The van der Waals surface area contributed by atoms with Crippen molar-refractivity contribution in [3.8, 4) is 5.75 Å². The fourth-order valence-corrected chi connectivity index (χ4v) is 3.25. The zero-order valence-electron chi connectivity index (χ0n) is 16.7. The standard InChI is InChI=1S/C23H24N2O4S/c1-2-3-14-28-19-10-6-17(7-11-19)24-22(26)16-30-20-12-8-18(9-13-20)25-23(27)21-5-4-15-29-21/h4-13,15H,2-3,14,16H2,1H3,(H,24,26)(H,25,27). The Hall–Kier alpha value is -3.19. The number of carbonyl (C=O) groups excluding carboxylic acids is 2. The van der Waals surface area contributed by atoms with Gasteiger partial charge in [-0.2, -0.15) is 0 Å². The van der Waals surface area contributed by atoms with Gasteiger partial charge < -0.3 is 19.8 Å². The highest BCUT2D eigenvalue weighted by atomic mass is 32.2. The Morgan fingerprint density at radius 3 is 2.33 bits per heavy atom. The summed E-state index contributed by atoms with van der Waals surface area (Å²) in [7, 11) is 0. The summed E-state index contributed by atoms with van der Waals surface area (Å²) in [5.41, 5.74) is 1.39. The molecule has 3 rings (SSSR count). The molecule has 0 bridgehead atoms. The first-order valence-corrected chi connectivity index (χ1v) is 10.7. The van der Waals surface area contributed by atoms with Gasteiger partial charge in [-0.3, -0.25) is 9.59 Å². The first-order valence-electron chi connectivity index (χ1n) is 9.74. The van der Waals surface area contributed by atoms with E-state index in [1.807, 2.05) is 36.4 Å². The molecule has 0 saturated carbocycles. The van der Waals surface area contributed by atoms with Crippen LogP contribution < -0.4 is 15.4 Å². The van der Waals surface area contributed by atoms with Crippen LogP contribution in [0.3, 0.4) is 0 Å². The van der Waals surface area contributed by atoms with Crippen LogP contribution in [0, 0.1) is 0 Å². The van der Waals surface area contributed by atoms with Crippen LogP contribution in [0.4, 0.5) is 11.4 Å². The van der Waals surface area contributed by atoms with Gasteiger partial charge in [0.05, 0.1) is 18.6 Å². The van der Waals surface area contributed by atoms with Gasteiger partial charge in [0, 0.05) is 16.3 Å². The van der Waals surface area contributed by atoms with E-state index < -0.39 is 0 Å². The third kappa shape index (κ3) is 6.70. The highest BCUT2D eigenvalue weighted by Crippen LogP contribution is 2.22. The van der Waals surface area contributed by atoms with Crippen molar-refractivity contribution in [3.05, 3.63) is 72.7 Å². The van der Waals surface area contributed by atoms with Crippen molar-refractivity contribution in [1.29, 1.82) is 0 Å². The molecule has 0 unspecified atom stereocenters. The number of amides is 2. The van der Waals surface area contributed by atoms with Crippen molar-refractivity contribution >= 4 is 35.0 Å². The van der Waals surface area contributed by atoms with Crippen molar-refractivity contribution in [2.45, 2.75) is 24.7 Å². The number of ether oxygens (including phenoxy) is 1. The van der Waals surface area contributed by atoms with Crippen LogP contribution in [-0.2, 0) is 4.79 Å². The highest BCUT2D eigenvalue weighted by Gasteiger charge is 2.09. The van der Waals surface area contributed by atoms with E-state index in [4.69, 9.17) is 9.15 Å². The molecule has 156 valence electrons. The van der Waals surface area contributed by atoms with Crippen LogP contribution >= 0.6 is 11.8 Å². The Morgan fingerprint density at radius 1 is 0.967 bits per heavy atom. The monoisotopic (exact) mass is 424 g/mol. The van der Waals surface area contributed by atoms with E-state index in [-0.39, 0.29) is 23.3 Å². The Labute approximate surface area is 180 Å². The SMILES string of the molecule is CCCCOc1ccc(NC(=O)CSc2ccc(NC(=O)c3ccco3)cc2)cc1. The van der Waals surface area contributed by atoms with Crippen molar-refractivity contribution in [2.75, 3.05) is 23.0 Å². The van der Waals surface area contributed by atoms with E-state index in [2.05, 4.69) is 17.6 Å². The minimum absolute atomic E-state index is 0.0881. The maximum atomic E-state index is 12.2. The third-order valence-corrected chi connectivity index (χ3v) is 5.14. The van der Waals surface area contributed by atoms with Crippen LogP contribution in [0.25, 0.3) is 0 Å². The quantitative estimate of drug-likeness (QED) is 0.334. The first kappa shape index (κ1) is 21.5. The Kier molecular flexibility index (Phi) is 7.97. The topological polar surface area (TPSA) is 80.6 Å². The number of thioether (sulfide) groups is 1. The summed E-state index contributed by atoms with van der Waals surface area (Å²) in [6.07, 6.45) is 3.57. The maximum absolute atomic E-state index is 12.2. The molecule has 1 aromatic heterocycles. The zero-order valence-corrected chi connectivity index (χ0v) is 17.5. The minimum Gasteiger partial charge on any atom is -0.494 e. The van der Waals surface area contributed by atoms with Crippen molar-refractivity contribution in [3.63, 3.8) is 0 Å². The van der Waals surface area contributed by atoms with Gasteiger partial charge in [0.1, 0.15) is 5.75 Å². The molecule has 6 nitrogen and oxygen atoms in total. The Bertz CT molecular complexity index is 938. The third-order valence-electron chi connectivity index (χ3n) is 4.13. The van der Waals surface area contributed by atoms with E-state index in [1.54, 1.807) is 24.3 Å². The minimum atomic E-state index is -0.304. The molecule has 1 heterocycles. The number of unbranched alkanes of at least 4 members (excludes halogenated alkanes) is 1. The molecule has 2 amide bonds. The van der Waals surface area contributed by atoms with Gasteiger partial charge in [0.2, 0.25) is 5.91 Å².